The van der Waals surface area contributed by atoms with Gasteiger partial charge < -0.3 is 19.7 Å². The second-order valence-electron chi connectivity index (χ2n) is 5.70. The van der Waals surface area contributed by atoms with Crippen molar-refractivity contribution in [1.29, 1.82) is 0 Å². The zero-order chi connectivity index (χ0) is 19.4. The number of rotatable bonds is 5. The van der Waals surface area contributed by atoms with Crippen LogP contribution in [0.2, 0.25) is 5.02 Å². The fourth-order valence-electron chi connectivity index (χ4n) is 2.67. The number of anilines is 3. The van der Waals surface area contributed by atoms with Crippen molar-refractivity contribution in [2.24, 2.45) is 0 Å². The highest BCUT2D eigenvalue weighted by Crippen LogP contribution is 2.34. The van der Waals surface area contributed by atoms with Crippen LogP contribution >= 0.6 is 11.6 Å². The van der Waals surface area contributed by atoms with E-state index >= 15 is 0 Å². The van der Waals surface area contributed by atoms with Crippen LogP contribution in [-0.4, -0.2) is 48.3 Å². The van der Waals surface area contributed by atoms with Crippen molar-refractivity contribution in [1.82, 2.24) is 9.97 Å². The Morgan fingerprint density at radius 2 is 2.22 bits per heavy atom. The number of nitrogens with one attached hydrogen (secondary N) is 1. The molecule has 1 aromatic carbocycles. The number of nitro benzene ring substituents is 1. The highest BCUT2D eigenvalue weighted by Gasteiger charge is 2.21. The average Bonchev–Trinajstić information content (AvgIpc) is 2.93. The number of hydrogen-bond acceptors (Lipinski definition) is 8. The van der Waals surface area contributed by atoms with Crippen LogP contribution in [0.1, 0.15) is 6.42 Å². The third-order valence-corrected chi connectivity index (χ3v) is 4.23. The second-order valence-corrected chi connectivity index (χ2v) is 6.11. The Hall–Kier alpha value is -2.72. The van der Waals surface area contributed by atoms with Crippen molar-refractivity contribution in [3.8, 4) is 5.75 Å². The van der Waals surface area contributed by atoms with Gasteiger partial charge in [0, 0.05) is 31.8 Å². The van der Waals surface area contributed by atoms with Crippen molar-refractivity contribution in [3.05, 3.63) is 39.3 Å². The number of aromatic nitrogens is 2. The number of benzene rings is 1. The second kappa shape index (κ2) is 8.31. The molecule has 0 amide bonds. The van der Waals surface area contributed by atoms with Crippen LogP contribution in [0.5, 0.6) is 5.75 Å². The Kier molecular flexibility index (Phi) is 5.87. The van der Waals surface area contributed by atoms with Gasteiger partial charge in [-0.3, -0.25) is 10.1 Å². The first-order valence-corrected chi connectivity index (χ1v) is 8.51. The summed E-state index contributed by atoms with van der Waals surface area (Å²) in [5.41, 5.74) is -0.518. The fraction of sp³-hybridized carbons (Fsp3) is 0.375. The zero-order valence-electron chi connectivity index (χ0n) is 14.4. The smallest absolute Gasteiger partial charge is 0.307 e. The Labute approximate surface area is 159 Å². The lowest BCUT2D eigenvalue weighted by Crippen LogP contribution is -2.27. The van der Waals surface area contributed by atoms with Crippen molar-refractivity contribution in [2.75, 3.05) is 43.6 Å². The lowest BCUT2D eigenvalue weighted by Gasteiger charge is -2.22. The molecule has 1 aliphatic heterocycles. The lowest BCUT2D eigenvalue weighted by atomic mass is 10.2. The number of nitro groups is 1. The molecule has 0 saturated carbocycles. The lowest BCUT2D eigenvalue weighted by molar-refractivity contribution is -0.387. The topological polar surface area (TPSA) is 103 Å². The molecule has 0 atom stereocenters. The minimum Gasteiger partial charge on any atom is -0.494 e. The third kappa shape index (κ3) is 4.34. The minimum absolute atomic E-state index is 0.0846. The highest BCUT2D eigenvalue weighted by molar-refractivity contribution is 6.32. The third-order valence-electron chi connectivity index (χ3n) is 3.96. The van der Waals surface area contributed by atoms with Gasteiger partial charge >= 0.3 is 5.69 Å². The standard InChI is InChI=1S/C16H17ClFN5O4/c1-26-14-7-11(18)13(23(24)25)8-12(14)20-16-19-9-10(17)15(21-16)22-3-2-5-27-6-4-22/h7-9H,2-6H2,1H3,(H,19,20,21). The SMILES string of the molecule is COc1cc(F)c([N+](=O)[O-])cc1Nc1ncc(Cl)c(N2CCCOCC2)n1. The number of nitrogens with zero attached hydrogens (tertiary/aromatic N) is 4. The van der Waals surface area contributed by atoms with Crippen LogP contribution in [0, 0.1) is 15.9 Å². The number of ether oxygens (including phenoxy) is 2. The van der Waals surface area contributed by atoms with Gasteiger partial charge in [-0.05, 0) is 6.42 Å². The monoisotopic (exact) mass is 397 g/mol. The van der Waals surface area contributed by atoms with Gasteiger partial charge in [-0.15, -0.1) is 0 Å². The summed E-state index contributed by atoms with van der Waals surface area (Å²) in [6.07, 6.45) is 2.27. The first-order valence-electron chi connectivity index (χ1n) is 8.13. The molecule has 3 rings (SSSR count). The van der Waals surface area contributed by atoms with Crippen LogP contribution in [-0.2, 0) is 4.74 Å². The highest BCUT2D eigenvalue weighted by atomic mass is 35.5. The average molecular weight is 398 g/mol. The van der Waals surface area contributed by atoms with Gasteiger partial charge in [-0.2, -0.15) is 9.37 Å². The molecule has 0 aliphatic carbocycles. The van der Waals surface area contributed by atoms with E-state index < -0.39 is 16.4 Å². The van der Waals surface area contributed by atoms with Gasteiger partial charge in [-0.1, -0.05) is 11.6 Å². The van der Waals surface area contributed by atoms with Gasteiger partial charge in [0.15, 0.2) is 5.82 Å². The van der Waals surface area contributed by atoms with Crippen LogP contribution in [0.3, 0.4) is 0 Å². The van der Waals surface area contributed by atoms with Gasteiger partial charge in [-0.25, -0.2) is 4.98 Å². The van der Waals surface area contributed by atoms with Crippen LogP contribution in [0.25, 0.3) is 0 Å². The summed E-state index contributed by atoms with van der Waals surface area (Å²) < 4.78 is 24.3. The molecule has 9 nitrogen and oxygen atoms in total. The number of methoxy groups -OCH3 is 1. The van der Waals surface area contributed by atoms with Crippen molar-refractivity contribution >= 4 is 34.7 Å². The molecular formula is C16H17ClFN5O4. The predicted molar refractivity (Wildman–Crippen MR) is 97.6 cm³/mol. The van der Waals surface area contributed by atoms with E-state index in [1.165, 1.54) is 13.3 Å². The van der Waals surface area contributed by atoms with E-state index in [-0.39, 0.29) is 17.4 Å². The number of halogens is 2. The summed E-state index contributed by atoms with van der Waals surface area (Å²) in [4.78, 5) is 20.7. The molecule has 11 heteroatoms. The largest absolute Gasteiger partial charge is 0.494 e. The van der Waals surface area contributed by atoms with Crippen molar-refractivity contribution < 1.29 is 18.8 Å². The predicted octanol–water partition coefficient (Wildman–Crippen LogP) is 3.16. The van der Waals surface area contributed by atoms with Gasteiger partial charge in [0.1, 0.15) is 10.8 Å². The Morgan fingerprint density at radius 1 is 1.41 bits per heavy atom. The van der Waals surface area contributed by atoms with E-state index in [2.05, 4.69) is 15.3 Å². The van der Waals surface area contributed by atoms with Crippen molar-refractivity contribution in [3.63, 3.8) is 0 Å². The number of hydrogen-bond donors (Lipinski definition) is 1. The van der Waals surface area contributed by atoms with Gasteiger partial charge in [0.05, 0.1) is 30.5 Å². The molecule has 2 aromatic rings. The Balaban J connectivity index is 1.93. The summed E-state index contributed by atoms with van der Waals surface area (Å²) >= 11 is 6.23. The fourth-order valence-corrected chi connectivity index (χ4v) is 2.88. The molecule has 0 bridgehead atoms. The Bertz CT molecular complexity index is 846. The molecule has 1 aromatic heterocycles. The molecule has 27 heavy (non-hydrogen) atoms. The van der Waals surface area contributed by atoms with Gasteiger partial charge in [0.25, 0.3) is 0 Å². The molecule has 1 N–H and O–H groups in total. The zero-order valence-corrected chi connectivity index (χ0v) is 15.2. The van der Waals surface area contributed by atoms with E-state index in [9.17, 15) is 14.5 Å². The van der Waals surface area contributed by atoms with E-state index in [1.807, 2.05) is 4.90 Å². The van der Waals surface area contributed by atoms with E-state index in [0.717, 1.165) is 25.1 Å². The van der Waals surface area contributed by atoms with Crippen LogP contribution in [0.4, 0.5) is 27.5 Å². The van der Waals surface area contributed by atoms with Crippen LogP contribution in [0.15, 0.2) is 18.3 Å². The maximum Gasteiger partial charge on any atom is 0.307 e. The summed E-state index contributed by atoms with van der Waals surface area (Å²) in [5, 5.41) is 14.2. The molecule has 2 heterocycles. The summed E-state index contributed by atoms with van der Waals surface area (Å²) in [6.45, 7) is 2.57. The molecule has 1 saturated heterocycles. The van der Waals surface area contributed by atoms with E-state index in [0.29, 0.717) is 30.6 Å². The molecule has 0 radical (unpaired) electrons. The first kappa shape index (κ1) is 19.1. The quantitative estimate of drug-likeness (QED) is 0.606. The van der Waals surface area contributed by atoms with Gasteiger partial charge in [0.2, 0.25) is 11.8 Å². The van der Waals surface area contributed by atoms with E-state index in [1.54, 1.807) is 0 Å². The van der Waals surface area contributed by atoms with Crippen molar-refractivity contribution in [2.45, 2.75) is 6.42 Å². The summed E-state index contributed by atoms with van der Waals surface area (Å²) in [5.74, 6) is -0.236. The normalized spacial score (nSPS) is 14.6. The maximum atomic E-state index is 13.8. The van der Waals surface area contributed by atoms with Crippen LogP contribution < -0.4 is 15.0 Å². The minimum atomic E-state index is -0.996. The summed E-state index contributed by atoms with van der Waals surface area (Å²) in [6, 6.07) is 1.97. The maximum absolute atomic E-state index is 13.8. The Morgan fingerprint density at radius 3 is 2.96 bits per heavy atom. The molecule has 144 valence electrons. The van der Waals surface area contributed by atoms with E-state index in [4.69, 9.17) is 21.1 Å². The molecule has 0 spiro atoms. The molecule has 1 aliphatic rings. The molecule has 1 fully saturated rings. The first-order chi connectivity index (χ1) is 13.0. The summed E-state index contributed by atoms with van der Waals surface area (Å²) in [7, 11) is 1.33. The molecular weight excluding hydrogens is 381 g/mol. The molecule has 0 unspecified atom stereocenters.